The van der Waals surface area contributed by atoms with E-state index in [0.29, 0.717) is 5.75 Å². The van der Waals surface area contributed by atoms with E-state index in [2.05, 4.69) is 36.9 Å². The number of rotatable bonds is 5. The molecule has 2 atom stereocenters. The Bertz CT molecular complexity index is 672. The normalized spacial score (nSPS) is 18.1. The minimum atomic E-state index is -0.115. The van der Waals surface area contributed by atoms with Gasteiger partial charge in [-0.3, -0.25) is 4.79 Å². The summed E-state index contributed by atoms with van der Waals surface area (Å²) in [4.78, 5) is 14.8. The van der Waals surface area contributed by atoms with Crippen molar-refractivity contribution >= 4 is 30.3 Å². The molecule has 118 valence electrons. The number of thiol groups is 1. The summed E-state index contributed by atoms with van der Waals surface area (Å²) in [6.07, 6.45) is 2.62. The second kappa shape index (κ2) is 7.75. The van der Waals surface area contributed by atoms with Gasteiger partial charge >= 0.3 is 0 Å². The van der Waals surface area contributed by atoms with Gasteiger partial charge in [-0.25, -0.2) is 0 Å². The summed E-state index contributed by atoms with van der Waals surface area (Å²) in [5.41, 5.74) is 2.32. The molecule has 0 aromatic heterocycles. The third-order valence-corrected chi connectivity index (χ3v) is 5.39. The van der Waals surface area contributed by atoms with Gasteiger partial charge < -0.3 is 4.90 Å². The molecule has 2 nitrogen and oxygen atoms in total. The number of nitrogens with zero attached hydrogens (tertiary/aromatic N) is 1. The molecule has 2 unspecified atom stereocenters. The van der Waals surface area contributed by atoms with Crippen LogP contribution in [0.15, 0.2) is 72.3 Å². The van der Waals surface area contributed by atoms with Crippen molar-refractivity contribution in [3.63, 3.8) is 0 Å². The van der Waals surface area contributed by atoms with Crippen LogP contribution < -0.4 is 0 Å². The van der Waals surface area contributed by atoms with Crippen LogP contribution in [0.5, 0.6) is 0 Å². The summed E-state index contributed by atoms with van der Waals surface area (Å²) in [5.74, 6) is 0.568. The first-order valence-electron chi connectivity index (χ1n) is 7.63. The van der Waals surface area contributed by atoms with E-state index in [9.17, 15) is 4.79 Å². The maximum absolute atomic E-state index is 13.0. The fourth-order valence-corrected chi connectivity index (χ4v) is 3.96. The molecule has 1 heterocycles. The maximum atomic E-state index is 13.0. The minimum Gasteiger partial charge on any atom is -0.301 e. The Kier molecular flexibility index (Phi) is 5.47. The van der Waals surface area contributed by atoms with Crippen LogP contribution in [-0.2, 0) is 11.2 Å². The summed E-state index contributed by atoms with van der Waals surface area (Å²) >= 11 is 6.08. The molecular weight excluding hydrogens is 322 g/mol. The second-order valence-corrected chi connectivity index (χ2v) is 6.86. The molecular formula is C19H19NOS2. The second-order valence-electron chi connectivity index (χ2n) is 5.50. The van der Waals surface area contributed by atoms with Crippen molar-refractivity contribution < 1.29 is 4.79 Å². The lowest BCUT2D eigenvalue weighted by Crippen LogP contribution is -2.34. The van der Waals surface area contributed by atoms with Gasteiger partial charge in [0, 0.05) is 12.0 Å². The Morgan fingerprint density at radius 1 is 1.09 bits per heavy atom. The monoisotopic (exact) mass is 341 g/mol. The Hall–Kier alpha value is -1.65. The zero-order chi connectivity index (χ0) is 16.1. The van der Waals surface area contributed by atoms with E-state index < -0.39 is 0 Å². The molecule has 2 aromatic carbocycles. The lowest BCUT2D eigenvalue weighted by atomic mass is 9.99. The van der Waals surface area contributed by atoms with Crippen LogP contribution in [0.3, 0.4) is 0 Å². The topological polar surface area (TPSA) is 20.3 Å². The van der Waals surface area contributed by atoms with E-state index in [1.807, 2.05) is 52.9 Å². The number of hydrogen-bond acceptors (Lipinski definition) is 3. The summed E-state index contributed by atoms with van der Waals surface area (Å²) in [6.45, 7) is 0. The minimum absolute atomic E-state index is 0.0295. The number of carbonyl (C=O) groups excluding carboxylic acids is 1. The van der Waals surface area contributed by atoms with E-state index in [0.717, 1.165) is 12.0 Å². The van der Waals surface area contributed by atoms with Gasteiger partial charge in [-0.05, 0) is 23.0 Å². The molecule has 1 aliphatic heterocycles. The van der Waals surface area contributed by atoms with Crippen LogP contribution in [0.2, 0.25) is 0 Å². The molecule has 0 N–H and O–H groups in total. The number of thioether (sulfide) groups is 1. The summed E-state index contributed by atoms with van der Waals surface area (Å²) in [7, 11) is 0. The van der Waals surface area contributed by atoms with Gasteiger partial charge in [-0.15, -0.1) is 11.8 Å². The molecule has 3 rings (SSSR count). The molecule has 2 aromatic rings. The number of benzene rings is 2. The third kappa shape index (κ3) is 3.82. The highest BCUT2D eigenvalue weighted by molar-refractivity contribution is 8.02. The largest absolute Gasteiger partial charge is 0.301 e. The fraction of sp³-hybridized carbons (Fsp3) is 0.211. The highest BCUT2D eigenvalue weighted by Crippen LogP contribution is 2.39. The SMILES string of the molecule is O=C(C(CS)Cc1ccccc1)N1C=CSC1c1ccccc1. The Balaban J connectivity index is 1.76. The fourth-order valence-electron chi connectivity index (χ4n) is 2.70. The van der Waals surface area contributed by atoms with Crippen molar-refractivity contribution in [2.45, 2.75) is 11.8 Å². The Labute approximate surface area is 147 Å². The molecule has 0 radical (unpaired) electrons. The van der Waals surface area contributed by atoms with Gasteiger partial charge in [0.2, 0.25) is 5.91 Å². The average molecular weight is 342 g/mol. The molecule has 4 heteroatoms. The lowest BCUT2D eigenvalue weighted by molar-refractivity contribution is -0.132. The molecule has 0 saturated carbocycles. The summed E-state index contributed by atoms with van der Waals surface area (Å²) in [5, 5.41) is 2.02. The van der Waals surface area contributed by atoms with Crippen molar-refractivity contribution in [2.24, 2.45) is 5.92 Å². The zero-order valence-electron chi connectivity index (χ0n) is 12.7. The molecule has 1 amide bonds. The van der Waals surface area contributed by atoms with Gasteiger partial charge in [0.25, 0.3) is 0 Å². The first-order chi connectivity index (χ1) is 11.3. The molecule has 0 bridgehead atoms. The first-order valence-corrected chi connectivity index (χ1v) is 9.21. The lowest BCUT2D eigenvalue weighted by Gasteiger charge is -2.27. The smallest absolute Gasteiger partial charge is 0.232 e. The van der Waals surface area contributed by atoms with Crippen LogP contribution in [0.4, 0.5) is 0 Å². The average Bonchev–Trinajstić information content (AvgIpc) is 3.10. The molecule has 0 aliphatic carbocycles. The number of carbonyl (C=O) groups is 1. The Morgan fingerprint density at radius 2 is 1.74 bits per heavy atom. The summed E-state index contributed by atoms with van der Waals surface area (Å²) < 4.78 is 0. The van der Waals surface area contributed by atoms with E-state index in [1.54, 1.807) is 11.8 Å². The van der Waals surface area contributed by atoms with E-state index in [4.69, 9.17) is 0 Å². The van der Waals surface area contributed by atoms with E-state index in [-0.39, 0.29) is 17.2 Å². The van der Waals surface area contributed by atoms with Gasteiger partial charge in [0.1, 0.15) is 5.37 Å². The number of hydrogen-bond donors (Lipinski definition) is 1. The van der Waals surface area contributed by atoms with Crippen molar-refractivity contribution in [3.05, 3.63) is 83.4 Å². The van der Waals surface area contributed by atoms with Crippen LogP contribution in [0, 0.1) is 5.92 Å². The predicted octanol–water partition coefficient (Wildman–Crippen LogP) is 4.52. The Morgan fingerprint density at radius 3 is 2.39 bits per heavy atom. The van der Waals surface area contributed by atoms with Crippen molar-refractivity contribution in [2.75, 3.05) is 5.75 Å². The van der Waals surface area contributed by atoms with Gasteiger partial charge in [-0.2, -0.15) is 12.6 Å². The first kappa shape index (κ1) is 16.2. The standard InChI is InChI=1S/C19H19NOS2/c21-18(17(14-22)13-15-7-3-1-4-8-15)20-11-12-23-19(20)16-9-5-2-6-10-16/h1-12,17,19,22H,13-14H2. The van der Waals surface area contributed by atoms with Crippen LogP contribution in [0.1, 0.15) is 16.5 Å². The molecule has 23 heavy (non-hydrogen) atoms. The van der Waals surface area contributed by atoms with Gasteiger partial charge in [-0.1, -0.05) is 60.7 Å². The van der Waals surface area contributed by atoms with Gasteiger partial charge in [0.05, 0.1) is 5.92 Å². The van der Waals surface area contributed by atoms with Gasteiger partial charge in [0.15, 0.2) is 0 Å². The van der Waals surface area contributed by atoms with Crippen molar-refractivity contribution in [1.82, 2.24) is 4.90 Å². The highest BCUT2D eigenvalue weighted by atomic mass is 32.2. The van der Waals surface area contributed by atoms with Crippen molar-refractivity contribution in [3.8, 4) is 0 Å². The molecule has 0 fully saturated rings. The molecule has 0 saturated heterocycles. The summed E-state index contributed by atoms with van der Waals surface area (Å²) in [6, 6.07) is 20.3. The quantitative estimate of drug-likeness (QED) is 0.807. The van der Waals surface area contributed by atoms with Crippen LogP contribution >= 0.6 is 24.4 Å². The van der Waals surface area contributed by atoms with Crippen molar-refractivity contribution in [1.29, 1.82) is 0 Å². The molecule has 0 spiro atoms. The number of amides is 1. The van der Waals surface area contributed by atoms with E-state index in [1.165, 1.54) is 5.56 Å². The van der Waals surface area contributed by atoms with Crippen LogP contribution in [0.25, 0.3) is 0 Å². The van der Waals surface area contributed by atoms with E-state index >= 15 is 0 Å². The van der Waals surface area contributed by atoms with Crippen LogP contribution in [-0.4, -0.2) is 16.6 Å². The predicted molar refractivity (Wildman–Crippen MR) is 100 cm³/mol. The zero-order valence-corrected chi connectivity index (χ0v) is 14.4. The molecule has 1 aliphatic rings. The maximum Gasteiger partial charge on any atom is 0.232 e. The highest BCUT2D eigenvalue weighted by Gasteiger charge is 2.31. The third-order valence-electron chi connectivity index (χ3n) is 3.92.